The monoisotopic (exact) mass is 310 g/mol. The second-order valence-electron chi connectivity index (χ2n) is 4.77. The summed E-state index contributed by atoms with van der Waals surface area (Å²) in [5.41, 5.74) is 1.94. The highest BCUT2D eigenvalue weighted by atomic mass is 16.6. The second kappa shape index (κ2) is 8.62. The molecule has 0 unspecified atom stereocenters. The Morgan fingerprint density at radius 3 is 2.39 bits per heavy atom. The maximum absolute atomic E-state index is 10.9. The molecule has 2 aromatic rings. The van der Waals surface area contributed by atoms with Crippen LogP contribution in [0.4, 0.5) is 0 Å². The zero-order valence-corrected chi connectivity index (χ0v) is 12.9. The van der Waals surface area contributed by atoms with Crippen molar-refractivity contribution in [1.82, 2.24) is 0 Å². The van der Waals surface area contributed by atoms with Gasteiger partial charge in [0.05, 0.1) is 12.2 Å². The minimum atomic E-state index is -0.489. The van der Waals surface area contributed by atoms with Gasteiger partial charge in [-0.05, 0) is 48.9 Å². The minimum Gasteiger partial charge on any atom is -0.494 e. The first-order valence-electron chi connectivity index (χ1n) is 7.34. The van der Waals surface area contributed by atoms with Crippen molar-refractivity contribution >= 4 is 6.29 Å². The van der Waals surface area contributed by atoms with Crippen LogP contribution in [-0.4, -0.2) is 24.8 Å². The Morgan fingerprint density at radius 2 is 1.74 bits per heavy atom. The smallest absolute Gasteiger partial charge is 0.186 e. The van der Waals surface area contributed by atoms with E-state index in [1.807, 2.05) is 24.3 Å². The molecule has 0 fully saturated rings. The highest BCUT2D eigenvalue weighted by Crippen LogP contribution is 2.18. The van der Waals surface area contributed by atoms with Gasteiger partial charge in [0.15, 0.2) is 13.1 Å². The summed E-state index contributed by atoms with van der Waals surface area (Å²) in [7, 11) is 0. The van der Waals surface area contributed by atoms with Gasteiger partial charge in [-0.1, -0.05) is 18.8 Å². The second-order valence-corrected chi connectivity index (χ2v) is 4.77. The van der Waals surface area contributed by atoms with Crippen molar-refractivity contribution in [3.05, 3.63) is 59.2 Å². The van der Waals surface area contributed by atoms with Gasteiger partial charge in [-0.3, -0.25) is 4.79 Å². The number of carbonyl (C=O) groups is 1. The Labute approximate surface area is 135 Å². The summed E-state index contributed by atoms with van der Waals surface area (Å²) in [6, 6.07) is 12.5. The number of benzene rings is 2. The summed E-state index contributed by atoms with van der Waals surface area (Å²) < 4.78 is 10.5. The molecule has 2 rings (SSSR count). The first-order chi connectivity index (χ1) is 11.3. The molecule has 23 heavy (non-hydrogen) atoms. The number of aliphatic hydroxyl groups is 1. The minimum absolute atomic E-state index is 0.317. The van der Waals surface area contributed by atoms with E-state index in [-0.39, 0.29) is 0 Å². The molecule has 0 radical (unpaired) electrons. The molecule has 4 nitrogen and oxygen atoms in total. The average molecular weight is 310 g/mol. The number of ether oxygens (including phenoxy) is 2. The molecular formula is C19H18O4. The van der Waals surface area contributed by atoms with Crippen LogP contribution in [0.3, 0.4) is 0 Å². The normalized spacial score (nSPS) is 9.65. The first kappa shape index (κ1) is 16.6. The van der Waals surface area contributed by atoms with Crippen LogP contribution < -0.4 is 9.47 Å². The van der Waals surface area contributed by atoms with Crippen LogP contribution in [0, 0.1) is 11.8 Å². The molecule has 2 aromatic carbocycles. The molecule has 0 heterocycles. The molecule has 0 atom stereocenters. The predicted molar refractivity (Wildman–Crippen MR) is 87.8 cm³/mol. The van der Waals surface area contributed by atoms with Gasteiger partial charge in [0.1, 0.15) is 11.5 Å². The molecule has 0 saturated carbocycles. The standard InChI is InChI=1S/C19H18O4/c1-2-11-22-18-9-6-15(7-10-18)3-4-16-5-8-17(13-20)19(12-16)23-14-21/h5-10,12-13,21H,2,11,14H2,1H3. The van der Waals surface area contributed by atoms with E-state index in [1.54, 1.807) is 18.2 Å². The third-order valence-electron chi connectivity index (χ3n) is 3.04. The molecule has 0 saturated heterocycles. The molecule has 4 heteroatoms. The molecule has 0 bridgehead atoms. The molecular weight excluding hydrogens is 292 g/mol. The van der Waals surface area contributed by atoms with Gasteiger partial charge in [0.2, 0.25) is 0 Å². The summed E-state index contributed by atoms with van der Waals surface area (Å²) in [5.74, 6) is 7.19. The van der Waals surface area contributed by atoms with Crippen LogP contribution in [-0.2, 0) is 0 Å². The SMILES string of the molecule is CCCOc1ccc(C#Cc2ccc(C=O)c(OCO)c2)cc1. The van der Waals surface area contributed by atoms with E-state index in [0.717, 1.165) is 17.7 Å². The van der Waals surface area contributed by atoms with Crippen molar-refractivity contribution in [3.63, 3.8) is 0 Å². The topological polar surface area (TPSA) is 55.8 Å². The Balaban J connectivity index is 2.14. The summed E-state index contributed by atoms with van der Waals surface area (Å²) in [6.45, 7) is 2.27. The Morgan fingerprint density at radius 1 is 1.04 bits per heavy atom. The van der Waals surface area contributed by atoms with Gasteiger partial charge in [0, 0.05) is 11.1 Å². The van der Waals surface area contributed by atoms with Crippen molar-refractivity contribution < 1.29 is 19.4 Å². The van der Waals surface area contributed by atoms with Gasteiger partial charge in [0.25, 0.3) is 0 Å². The number of aliphatic hydroxyl groups excluding tert-OH is 1. The molecule has 0 aliphatic heterocycles. The zero-order chi connectivity index (χ0) is 16.5. The molecule has 0 aliphatic carbocycles. The lowest BCUT2D eigenvalue weighted by molar-refractivity contribution is 0.0959. The van der Waals surface area contributed by atoms with Crippen molar-refractivity contribution in [3.8, 4) is 23.3 Å². The molecule has 0 aliphatic rings. The van der Waals surface area contributed by atoms with E-state index in [1.165, 1.54) is 0 Å². The van der Waals surface area contributed by atoms with Gasteiger partial charge < -0.3 is 14.6 Å². The van der Waals surface area contributed by atoms with Gasteiger partial charge in [-0.25, -0.2) is 0 Å². The van der Waals surface area contributed by atoms with E-state index in [4.69, 9.17) is 14.6 Å². The predicted octanol–water partition coefficient (Wildman–Crippen LogP) is 3.02. The van der Waals surface area contributed by atoms with Crippen LogP contribution in [0.25, 0.3) is 0 Å². The van der Waals surface area contributed by atoms with E-state index < -0.39 is 6.79 Å². The molecule has 1 N–H and O–H groups in total. The maximum atomic E-state index is 10.9. The van der Waals surface area contributed by atoms with Crippen LogP contribution in [0.2, 0.25) is 0 Å². The Hall–Kier alpha value is -2.77. The molecule has 0 aromatic heterocycles. The number of rotatable bonds is 6. The lowest BCUT2D eigenvalue weighted by atomic mass is 10.1. The van der Waals surface area contributed by atoms with E-state index in [0.29, 0.717) is 29.8 Å². The fourth-order valence-electron chi connectivity index (χ4n) is 1.90. The summed E-state index contributed by atoms with van der Waals surface area (Å²) in [5, 5.41) is 8.84. The lowest BCUT2D eigenvalue weighted by Crippen LogP contribution is -1.98. The van der Waals surface area contributed by atoms with Gasteiger partial charge in [-0.15, -0.1) is 0 Å². The number of aldehydes is 1. The number of hydrogen-bond acceptors (Lipinski definition) is 4. The first-order valence-corrected chi connectivity index (χ1v) is 7.34. The van der Waals surface area contributed by atoms with E-state index >= 15 is 0 Å². The van der Waals surface area contributed by atoms with Crippen molar-refractivity contribution in [2.45, 2.75) is 13.3 Å². The van der Waals surface area contributed by atoms with Crippen LogP contribution in [0.5, 0.6) is 11.5 Å². The lowest BCUT2D eigenvalue weighted by Gasteiger charge is -2.05. The fourth-order valence-corrected chi connectivity index (χ4v) is 1.90. The summed E-state index contributed by atoms with van der Waals surface area (Å²) in [4.78, 5) is 10.9. The largest absolute Gasteiger partial charge is 0.494 e. The van der Waals surface area contributed by atoms with Gasteiger partial charge >= 0.3 is 0 Å². The molecule has 118 valence electrons. The van der Waals surface area contributed by atoms with Crippen LogP contribution in [0.15, 0.2) is 42.5 Å². The highest BCUT2D eigenvalue weighted by Gasteiger charge is 2.03. The third kappa shape index (κ3) is 4.87. The van der Waals surface area contributed by atoms with E-state index in [9.17, 15) is 4.79 Å². The molecule has 0 amide bonds. The third-order valence-corrected chi connectivity index (χ3v) is 3.04. The van der Waals surface area contributed by atoms with Crippen LogP contribution >= 0.6 is 0 Å². The maximum Gasteiger partial charge on any atom is 0.186 e. The number of carbonyl (C=O) groups excluding carboxylic acids is 1. The summed E-state index contributed by atoms with van der Waals surface area (Å²) in [6.07, 6.45) is 1.65. The van der Waals surface area contributed by atoms with Gasteiger partial charge in [-0.2, -0.15) is 0 Å². The zero-order valence-electron chi connectivity index (χ0n) is 12.9. The summed E-state index contributed by atoms with van der Waals surface area (Å²) >= 11 is 0. The van der Waals surface area contributed by atoms with Crippen molar-refractivity contribution in [2.75, 3.05) is 13.4 Å². The van der Waals surface area contributed by atoms with Crippen molar-refractivity contribution in [2.24, 2.45) is 0 Å². The quantitative estimate of drug-likeness (QED) is 0.506. The highest BCUT2D eigenvalue weighted by molar-refractivity contribution is 5.79. The Kier molecular flexibility index (Phi) is 6.22. The number of hydrogen-bond donors (Lipinski definition) is 1. The average Bonchev–Trinajstić information content (AvgIpc) is 2.59. The van der Waals surface area contributed by atoms with Crippen LogP contribution in [0.1, 0.15) is 34.8 Å². The van der Waals surface area contributed by atoms with E-state index in [2.05, 4.69) is 18.8 Å². The molecule has 0 spiro atoms. The van der Waals surface area contributed by atoms with Crippen molar-refractivity contribution in [1.29, 1.82) is 0 Å². The Bertz CT molecular complexity index is 708. The fraction of sp³-hybridized carbons (Fsp3) is 0.211.